The van der Waals surface area contributed by atoms with Crippen LogP contribution in [0.4, 0.5) is 0 Å². The Morgan fingerprint density at radius 2 is 0.786 bits per heavy atom. The fourth-order valence-corrected chi connectivity index (χ4v) is 2.26. The van der Waals surface area contributed by atoms with Crippen molar-refractivity contribution in [2.75, 3.05) is 0 Å². The van der Waals surface area contributed by atoms with Crippen LogP contribution in [0.25, 0.3) is 0 Å². The molecular formula is C28H38. The number of hydrogen-bond donors (Lipinski definition) is 0. The molecular weight excluding hydrogens is 336 g/mol. The van der Waals surface area contributed by atoms with Crippen molar-refractivity contribution in [2.45, 2.75) is 51.9 Å². The summed E-state index contributed by atoms with van der Waals surface area (Å²) < 4.78 is 0. The van der Waals surface area contributed by atoms with Crippen LogP contribution in [-0.4, -0.2) is 0 Å². The Morgan fingerprint density at radius 1 is 0.429 bits per heavy atom. The van der Waals surface area contributed by atoms with E-state index in [-0.39, 0.29) is 0 Å². The van der Waals surface area contributed by atoms with Crippen molar-refractivity contribution in [3.8, 4) is 0 Å². The summed E-state index contributed by atoms with van der Waals surface area (Å²) in [6.07, 6.45) is 47.6. The van der Waals surface area contributed by atoms with E-state index < -0.39 is 0 Å². The molecule has 0 aliphatic carbocycles. The molecule has 0 aromatic heterocycles. The maximum Gasteiger partial charge on any atom is -0.0348 e. The molecule has 0 aromatic rings. The molecule has 0 nitrogen and oxygen atoms in total. The Kier molecular flexibility index (Phi) is 22.1. The van der Waals surface area contributed by atoms with Crippen LogP contribution in [0.5, 0.6) is 0 Å². The van der Waals surface area contributed by atoms with Crippen molar-refractivity contribution < 1.29 is 0 Å². The second-order valence-corrected chi connectivity index (χ2v) is 6.30. The van der Waals surface area contributed by atoms with Crippen molar-refractivity contribution in [1.29, 1.82) is 0 Å². The fourth-order valence-electron chi connectivity index (χ4n) is 2.26. The van der Waals surface area contributed by atoms with Gasteiger partial charge in [-0.1, -0.05) is 161 Å². The fraction of sp³-hybridized carbons (Fsp3) is 0.286. The first-order chi connectivity index (χ1) is 13.9. The third-order valence-electron chi connectivity index (χ3n) is 3.77. The minimum absolute atomic E-state index is 1.19. The first kappa shape index (κ1) is 25.4. The zero-order valence-electron chi connectivity index (χ0n) is 17.6. The van der Waals surface area contributed by atoms with Crippen molar-refractivity contribution in [3.63, 3.8) is 0 Å². The molecule has 0 fully saturated rings. The van der Waals surface area contributed by atoms with E-state index in [9.17, 15) is 0 Å². The summed E-state index contributed by atoms with van der Waals surface area (Å²) in [6.45, 7) is 5.88. The monoisotopic (exact) mass is 374 g/mol. The van der Waals surface area contributed by atoms with Crippen LogP contribution >= 0.6 is 0 Å². The molecule has 0 aliphatic rings. The van der Waals surface area contributed by atoms with Crippen molar-refractivity contribution in [3.05, 3.63) is 122 Å². The Balaban J connectivity index is 3.73. The molecule has 0 saturated carbocycles. The Morgan fingerprint density at radius 3 is 1.21 bits per heavy atom. The molecule has 0 saturated heterocycles. The van der Waals surface area contributed by atoms with Crippen LogP contribution in [0, 0.1) is 0 Å². The molecule has 0 spiro atoms. The van der Waals surface area contributed by atoms with Crippen molar-refractivity contribution in [2.24, 2.45) is 0 Å². The lowest BCUT2D eigenvalue weighted by Crippen LogP contribution is -1.77. The molecule has 0 radical (unpaired) electrons. The molecule has 0 heterocycles. The summed E-state index contributed by atoms with van der Waals surface area (Å²) in [4.78, 5) is 0. The average molecular weight is 375 g/mol. The predicted molar refractivity (Wildman–Crippen MR) is 130 cm³/mol. The lowest BCUT2D eigenvalue weighted by molar-refractivity contribution is 0.611. The second-order valence-electron chi connectivity index (χ2n) is 6.30. The highest BCUT2D eigenvalue weighted by molar-refractivity contribution is 5.22. The topological polar surface area (TPSA) is 0 Å². The van der Waals surface area contributed by atoms with Gasteiger partial charge in [0, 0.05) is 0 Å². The van der Waals surface area contributed by atoms with E-state index in [1.165, 1.54) is 44.9 Å². The van der Waals surface area contributed by atoms with E-state index >= 15 is 0 Å². The van der Waals surface area contributed by atoms with Crippen molar-refractivity contribution in [1.82, 2.24) is 0 Å². The Hall–Kier alpha value is -2.60. The zero-order valence-corrected chi connectivity index (χ0v) is 17.6. The summed E-state index contributed by atoms with van der Waals surface area (Å²) in [7, 11) is 0. The van der Waals surface area contributed by atoms with Crippen LogP contribution < -0.4 is 0 Å². The van der Waals surface area contributed by atoms with E-state index in [0.29, 0.717) is 0 Å². The van der Waals surface area contributed by atoms with Crippen LogP contribution in [0.1, 0.15) is 51.9 Å². The second kappa shape index (κ2) is 24.4. The van der Waals surface area contributed by atoms with Crippen molar-refractivity contribution >= 4 is 0 Å². The molecule has 0 aliphatic heterocycles. The van der Waals surface area contributed by atoms with Crippen LogP contribution in [0.3, 0.4) is 0 Å². The Labute approximate surface area is 174 Å². The van der Waals surface area contributed by atoms with Crippen LogP contribution in [0.2, 0.25) is 0 Å². The van der Waals surface area contributed by atoms with Gasteiger partial charge in [0.1, 0.15) is 0 Å². The molecule has 28 heavy (non-hydrogen) atoms. The Bertz CT molecular complexity index is 598. The highest BCUT2D eigenvalue weighted by atomic mass is 13.9. The number of allylic oxidation sites excluding steroid dienone is 19. The standard InChI is InChI=1S/C28H38/c1-3-5-7-9-11-13-15-17-19-21-23-25-27-28-26-24-22-20-18-16-14-12-10-8-6-4-2/h3,5,7,9,11,13,15,17-28H,1,4,6,8,10,12,14,16H2,2H3/b7-5+,11-9+,15-13+,19-17+,20-18+,23-21+,24-22+,27-25+,28-26+. The lowest BCUT2D eigenvalue weighted by Gasteiger charge is -1.97. The minimum atomic E-state index is 1.19. The first-order valence-electron chi connectivity index (χ1n) is 10.5. The normalized spacial score (nSPS) is 13.8. The molecule has 0 unspecified atom stereocenters. The number of hydrogen-bond acceptors (Lipinski definition) is 0. The van der Waals surface area contributed by atoms with E-state index in [4.69, 9.17) is 0 Å². The van der Waals surface area contributed by atoms with Crippen LogP contribution in [-0.2, 0) is 0 Å². The molecule has 0 rings (SSSR count). The SMILES string of the molecule is C=C/C=C/C=C/C=C/C=C/C=C/C=C/C=C/C=C/C=C/CCCCCCCC. The minimum Gasteiger partial charge on any atom is -0.0991 e. The van der Waals surface area contributed by atoms with E-state index in [1.807, 2.05) is 85.1 Å². The number of unbranched alkanes of at least 4 members (excludes halogenated alkanes) is 6. The van der Waals surface area contributed by atoms with Gasteiger partial charge < -0.3 is 0 Å². The summed E-state index contributed by atoms with van der Waals surface area (Å²) in [5, 5.41) is 0. The first-order valence-corrected chi connectivity index (χ1v) is 10.5. The van der Waals surface area contributed by atoms with Crippen LogP contribution in [0.15, 0.2) is 122 Å². The summed E-state index contributed by atoms with van der Waals surface area (Å²) in [5.41, 5.74) is 0. The quantitative estimate of drug-likeness (QED) is 0.187. The molecule has 0 amide bonds. The largest absolute Gasteiger partial charge is 0.0991 e. The average Bonchev–Trinajstić information content (AvgIpc) is 2.71. The highest BCUT2D eigenvalue weighted by Crippen LogP contribution is 2.07. The van der Waals surface area contributed by atoms with E-state index in [2.05, 4.69) is 37.8 Å². The molecule has 0 aromatic carbocycles. The lowest BCUT2D eigenvalue weighted by atomic mass is 10.1. The van der Waals surface area contributed by atoms with Gasteiger partial charge in [-0.3, -0.25) is 0 Å². The number of rotatable bonds is 16. The maximum absolute atomic E-state index is 3.62. The molecule has 150 valence electrons. The van der Waals surface area contributed by atoms with E-state index in [0.717, 1.165) is 0 Å². The zero-order chi connectivity index (χ0) is 20.4. The molecule has 0 bridgehead atoms. The van der Waals surface area contributed by atoms with Gasteiger partial charge in [-0.15, -0.1) is 0 Å². The van der Waals surface area contributed by atoms with Gasteiger partial charge in [-0.2, -0.15) is 0 Å². The van der Waals surface area contributed by atoms with Gasteiger partial charge in [-0.05, 0) is 12.8 Å². The highest BCUT2D eigenvalue weighted by Gasteiger charge is 1.87. The van der Waals surface area contributed by atoms with Gasteiger partial charge >= 0.3 is 0 Å². The maximum atomic E-state index is 3.62. The molecule has 0 N–H and O–H groups in total. The third-order valence-corrected chi connectivity index (χ3v) is 3.77. The van der Waals surface area contributed by atoms with E-state index in [1.54, 1.807) is 6.08 Å². The van der Waals surface area contributed by atoms with Gasteiger partial charge in [0.15, 0.2) is 0 Å². The summed E-state index contributed by atoms with van der Waals surface area (Å²) >= 11 is 0. The third kappa shape index (κ3) is 23.4. The summed E-state index contributed by atoms with van der Waals surface area (Å²) in [6, 6.07) is 0. The smallest absolute Gasteiger partial charge is 0.0348 e. The van der Waals surface area contributed by atoms with Gasteiger partial charge in [0.05, 0.1) is 0 Å². The summed E-state index contributed by atoms with van der Waals surface area (Å²) in [5.74, 6) is 0. The van der Waals surface area contributed by atoms with Gasteiger partial charge in [0.2, 0.25) is 0 Å². The van der Waals surface area contributed by atoms with Gasteiger partial charge in [-0.25, -0.2) is 0 Å². The predicted octanol–water partition coefficient (Wildman–Crippen LogP) is 8.93. The molecule has 0 atom stereocenters. The molecule has 0 heteroatoms. The van der Waals surface area contributed by atoms with Gasteiger partial charge in [0.25, 0.3) is 0 Å².